The highest BCUT2D eigenvalue weighted by atomic mass is 15.0. The van der Waals surface area contributed by atoms with Crippen molar-refractivity contribution < 1.29 is 0 Å². The van der Waals surface area contributed by atoms with Crippen molar-refractivity contribution in [3.63, 3.8) is 0 Å². The molecule has 0 saturated heterocycles. The van der Waals surface area contributed by atoms with Gasteiger partial charge in [-0.2, -0.15) is 0 Å². The van der Waals surface area contributed by atoms with E-state index in [4.69, 9.17) is 0 Å². The summed E-state index contributed by atoms with van der Waals surface area (Å²) in [7, 11) is 0. The molecule has 3 nitrogen and oxygen atoms in total. The van der Waals surface area contributed by atoms with Crippen molar-refractivity contribution in [1.82, 2.24) is 10.3 Å². The molecule has 0 aliphatic heterocycles. The molecule has 0 saturated carbocycles. The van der Waals surface area contributed by atoms with Crippen LogP contribution in [0.25, 0.3) is 0 Å². The molecule has 78 valence electrons. The van der Waals surface area contributed by atoms with Crippen LogP contribution in [0.2, 0.25) is 0 Å². The fraction of sp³-hybridized carbons (Fsp3) is 0.167. The van der Waals surface area contributed by atoms with Crippen molar-refractivity contribution in [1.29, 1.82) is 0 Å². The van der Waals surface area contributed by atoms with Gasteiger partial charge in [-0.05, 0) is 24.6 Å². The van der Waals surface area contributed by atoms with Crippen molar-refractivity contribution >= 4 is 6.21 Å². The van der Waals surface area contributed by atoms with E-state index in [-0.39, 0.29) is 0 Å². The van der Waals surface area contributed by atoms with E-state index in [1.54, 1.807) is 12.4 Å². The van der Waals surface area contributed by atoms with Gasteiger partial charge in [-0.25, -0.2) is 4.99 Å². The molecule has 0 aliphatic rings. The molecule has 0 fully saturated rings. The third-order valence-corrected chi connectivity index (χ3v) is 1.64. The number of nitrogens with one attached hydrogen (secondary N) is 1. The second kappa shape index (κ2) is 5.75. The van der Waals surface area contributed by atoms with Gasteiger partial charge >= 0.3 is 0 Å². The minimum absolute atomic E-state index is 0.614. The van der Waals surface area contributed by atoms with Gasteiger partial charge in [0.15, 0.2) is 0 Å². The van der Waals surface area contributed by atoms with E-state index in [1.165, 1.54) is 0 Å². The SMILES string of the molecule is C=C(C)/C=N\C(=C)NCc1ccccn1. The summed E-state index contributed by atoms with van der Waals surface area (Å²) in [6, 6.07) is 5.78. The van der Waals surface area contributed by atoms with E-state index in [1.807, 2.05) is 25.1 Å². The van der Waals surface area contributed by atoms with Crippen molar-refractivity contribution in [2.75, 3.05) is 0 Å². The lowest BCUT2D eigenvalue weighted by Crippen LogP contribution is -2.11. The van der Waals surface area contributed by atoms with E-state index < -0.39 is 0 Å². The molecule has 0 aromatic carbocycles. The van der Waals surface area contributed by atoms with Crippen molar-refractivity contribution in [3.05, 3.63) is 54.6 Å². The van der Waals surface area contributed by atoms with Crippen molar-refractivity contribution in [2.24, 2.45) is 4.99 Å². The maximum Gasteiger partial charge on any atom is 0.118 e. The number of allylic oxidation sites excluding steroid dienone is 1. The van der Waals surface area contributed by atoms with Gasteiger partial charge in [-0.1, -0.05) is 19.2 Å². The van der Waals surface area contributed by atoms with Crippen LogP contribution < -0.4 is 5.32 Å². The number of pyridine rings is 1. The molecule has 0 bridgehead atoms. The number of rotatable bonds is 5. The first-order chi connectivity index (χ1) is 7.18. The van der Waals surface area contributed by atoms with Crippen molar-refractivity contribution in [2.45, 2.75) is 13.5 Å². The van der Waals surface area contributed by atoms with Gasteiger partial charge in [0.05, 0.1) is 12.2 Å². The monoisotopic (exact) mass is 201 g/mol. The van der Waals surface area contributed by atoms with Gasteiger partial charge in [0.25, 0.3) is 0 Å². The lowest BCUT2D eigenvalue weighted by Gasteiger charge is -2.03. The maximum atomic E-state index is 4.17. The standard InChI is InChI=1S/C12H15N3/c1-10(2)8-14-11(3)15-9-12-6-4-5-7-13-12/h4-8,15H,1,3,9H2,2H3/b14-8-. The molecule has 0 radical (unpaired) electrons. The van der Waals surface area contributed by atoms with Gasteiger partial charge in [-0.15, -0.1) is 0 Å². The summed E-state index contributed by atoms with van der Waals surface area (Å²) >= 11 is 0. The zero-order chi connectivity index (χ0) is 11.1. The molecule has 0 atom stereocenters. The highest BCUT2D eigenvalue weighted by Crippen LogP contribution is 1.95. The van der Waals surface area contributed by atoms with Gasteiger partial charge in [0.1, 0.15) is 5.82 Å². The number of aromatic nitrogens is 1. The minimum atomic E-state index is 0.614. The zero-order valence-corrected chi connectivity index (χ0v) is 8.90. The van der Waals surface area contributed by atoms with Crippen LogP contribution in [-0.4, -0.2) is 11.2 Å². The third kappa shape index (κ3) is 4.76. The van der Waals surface area contributed by atoms with Gasteiger partial charge < -0.3 is 5.32 Å². The van der Waals surface area contributed by atoms with E-state index in [9.17, 15) is 0 Å². The quantitative estimate of drug-likeness (QED) is 0.742. The molecule has 0 aliphatic carbocycles. The highest BCUT2D eigenvalue weighted by Gasteiger charge is 1.92. The van der Waals surface area contributed by atoms with Crippen LogP contribution in [0.1, 0.15) is 12.6 Å². The Labute approximate surface area is 90.3 Å². The molecule has 0 unspecified atom stereocenters. The summed E-state index contributed by atoms with van der Waals surface area (Å²) in [5.74, 6) is 0.614. The molecule has 1 aromatic rings. The molecule has 0 amide bonds. The predicted molar refractivity (Wildman–Crippen MR) is 63.5 cm³/mol. The molecule has 1 aromatic heterocycles. The Kier molecular flexibility index (Phi) is 4.29. The largest absolute Gasteiger partial charge is 0.365 e. The summed E-state index contributed by atoms with van der Waals surface area (Å²) in [5.41, 5.74) is 1.86. The van der Waals surface area contributed by atoms with Crippen LogP contribution >= 0.6 is 0 Å². The van der Waals surface area contributed by atoms with Crippen LogP contribution in [0.15, 0.2) is 53.9 Å². The lowest BCUT2D eigenvalue weighted by molar-refractivity contribution is 0.782. The summed E-state index contributed by atoms with van der Waals surface area (Å²) in [5, 5.41) is 3.06. The molecule has 1 rings (SSSR count). The fourth-order valence-electron chi connectivity index (χ4n) is 0.929. The van der Waals surface area contributed by atoms with Crippen LogP contribution in [0.3, 0.4) is 0 Å². The second-order valence-corrected chi connectivity index (χ2v) is 3.23. The average molecular weight is 201 g/mol. The maximum absolute atomic E-state index is 4.17. The number of hydrogen-bond acceptors (Lipinski definition) is 3. The van der Waals surface area contributed by atoms with E-state index in [0.717, 1.165) is 11.3 Å². The Balaban J connectivity index is 2.38. The van der Waals surface area contributed by atoms with E-state index >= 15 is 0 Å². The van der Waals surface area contributed by atoms with Crippen LogP contribution in [-0.2, 0) is 6.54 Å². The Hall–Kier alpha value is -1.90. The Bertz CT molecular complexity index is 366. The topological polar surface area (TPSA) is 37.3 Å². The first-order valence-electron chi connectivity index (χ1n) is 4.71. The molecule has 0 spiro atoms. The van der Waals surface area contributed by atoms with Crippen LogP contribution in [0, 0.1) is 0 Å². The summed E-state index contributed by atoms with van der Waals surface area (Å²) in [4.78, 5) is 8.25. The van der Waals surface area contributed by atoms with Gasteiger partial charge in [0.2, 0.25) is 0 Å². The Morgan fingerprint density at radius 1 is 1.53 bits per heavy atom. The summed E-state index contributed by atoms with van der Waals surface area (Å²) in [6.45, 7) is 10.00. The minimum Gasteiger partial charge on any atom is -0.365 e. The first-order valence-corrected chi connectivity index (χ1v) is 4.71. The normalized spacial score (nSPS) is 10.2. The molecular weight excluding hydrogens is 186 g/mol. The molecular formula is C12H15N3. The average Bonchev–Trinajstić information content (AvgIpc) is 2.25. The summed E-state index contributed by atoms with van der Waals surface area (Å²) in [6.07, 6.45) is 3.44. The third-order valence-electron chi connectivity index (χ3n) is 1.64. The van der Waals surface area contributed by atoms with Gasteiger partial charge in [0, 0.05) is 12.4 Å². The number of aliphatic imine (C=N–C) groups is 1. The number of nitrogens with zero attached hydrogens (tertiary/aromatic N) is 2. The summed E-state index contributed by atoms with van der Waals surface area (Å²) < 4.78 is 0. The molecule has 15 heavy (non-hydrogen) atoms. The second-order valence-electron chi connectivity index (χ2n) is 3.23. The van der Waals surface area contributed by atoms with Gasteiger partial charge in [-0.3, -0.25) is 4.98 Å². The molecule has 1 N–H and O–H groups in total. The fourth-order valence-corrected chi connectivity index (χ4v) is 0.929. The molecule has 3 heteroatoms. The van der Waals surface area contributed by atoms with Crippen LogP contribution in [0.4, 0.5) is 0 Å². The predicted octanol–water partition coefficient (Wildman–Crippen LogP) is 2.29. The van der Waals surface area contributed by atoms with E-state index in [2.05, 4.69) is 28.5 Å². The lowest BCUT2D eigenvalue weighted by atomic mass is 10.3. The Morgan fingerprint density at radius 2 is 2.33 bits per heavy atom. The van der Waals surface area contributed by atoms with E-state index in [0.29, 0.717) is 12.4 Å². The van der Waals surface area contributed by atoms with Crippen LogP contribution in [0.5, 0.6) is 0 Å². The Morgan fingerprint density at radius 3 is 2.93 bits per heavy atom. The highest BCUT2D eigenvalue weighted by molar-refractivity contribution is 5.77. The zero-order valence-electron chi connectivity index (χ0n) is 8.90. The number of hydrogen-bond donors (Lipinski definition) is 1. The van der Waals surface area contributed by atoms with Crippen molar-refractivity contribution in [3.8, 4) is 0 Å². The smallest absolute Gasteiger partial charge is 0.118 e. The first kappa shape index (κ1) is 11.2. The molecule has 1 heterocycles.